The van der Waals surface area contributed by atoms with Gasteiger partial charge < -0.3 is 14.5 Å². The van der Waals surface area contributed by atoms with E-state index in [1.807, 2.05) is 13.0 Å². The third kappa shape index (κ3) is 3.79. The van der Waals surface area contributed by atoms with Crippen LogP contribution in [-0.4, -0.2) is 30.0 Å². The van der Waals surface area contributed by atoms with Gasteiger partial charge in [-0.15, -0.1) is 0 Å². The van der Waals surface area contributed by atoms with Crippen LogP contribution in [-0.2, 0) is 4.74 Å². The van der Waals surface area contributed by atoms with Gasteiger partial charge in [-0.3, -0.25) is 4.79 Å². The van der Waals surface area contributed by atoms with E-state index in [2.05, 4.69) is 4.98 Å². The first-order valence-corrected chi connectivity index (χ1v) is 8.01. The van der Waals surface area contributed by atoms with Crippen LogP contribution in [0.2, 0.25) is 5.02 Å². The summed E-state index contributed by atoms with van der Waals surface area (Å²) in [6.07, 6.45) is 0. The van der Waals surface area contributed by atoms with Crippen LogP contribution < -0.4 is 4.74 Å². The van der Waals surface area contributed by atoms with Gasteiger partial charge in [0.1, 0.15) is 5.75 Å². The van der Waals surface area contributed by atoms with E-state index < -0.39 is 5.97 Å². The number of aryl methyl sites for hydroxylation is 2. The zero-order chi connectivity index (χ0) is 17.9. The summed E-state index contributed by atoms with van der Waals surface area (Å²) in [5.74, 6) is -0.245. The number of carbonyl (C=O) groups is 2. The number of benzene rings is 1. The van der Waals surface area contributed by atoms with Crippen molar-refractivity contribution in [3.63, 3.8) is 0 Å². The monoisotopic (exact) mass is 349 g/mol. The number of esters is 1. The van der Waals surface area contributed by atoms with E-state index >= 15 is 0 Å². The highest BCUT2D eigenvalue weighted by atomic mass is 35.5. The summed E-state index contributed by atoms with van der Waals surface area (Å²) in [4.78, 5) is 27.4. The van der Waals surface area contributed by atoms with E-state index in [4.69, 9.17) is 21.1 Å². The Balaban J connectivity index is 2.17. The van der Waals surface area contributed by atoms with E-state index in [1.54, 1.807) is 32.9 Å². The Hall–Kier alpha value is -2.27. The molecule has 0 saturated heterocycles. The molecule has 1 N–H and O–H groups in total. The average molecular weight is 350 g/mol. The molecule has 1 aromatic carbocycles. The molecule has 0 aliphatic rings. The van der Waals surface area contributed by atoms with Gasteiger partial charge in [-0.1, -0.05) is 17.7 Å². The Bertz CT molecular complexity index is 780. The van der Waals surface area contributed by atoms with E-state index in [1.165, 1.54) is 0 Å². The zero-order valence-electron chi connectivity index (χ0n) is 14.2. The molecule has 0 amide bonds. The van der Waals surface area contributed by atoms with Crippen molar-refractivity contribution >= 4 is 23.4 Å². The SMILES string of the molecule is CCOC(=O)c1c(C)[nH]c(C(=O)COc2cc(C)ccc2Cl)c1C. The molecule has 24 heavy (non-hydrogen) atoms. The maximum Gasteiger partial charge on any atom is 0.340 e. The molecular formula is C18H20ClNO4. The lowest BCUT2D eigenvalue weighted by molar-refractivity contribution is 0.0525. The summed E-state index contributed by atoms with van der Waals surface area (Å²) in [5, 5.41) is 0.444. The number of hydrogen-bond donors (Lipinski definition) is 1. The number of aromatic amines is 1. The van der Waals surface area contributed by atoms with Crippen LogP contribution in [0.5, 0.6) is 5.75 Å². The minimum Gasteiger partial charge on any atom is -0.484 e. The van der Waals surface area contributed by atoms with Crippen LogP contribution in [0.4, 0.5) is 0 Å². The van der Waals surface area contributed by atoms with Crippen LogP contribution >= 0.6 is 11.6 Å². The number of Topliss-reactive ketones (excluding diaryl/α,β-unsaturated/α-hetero) is 1. The number of rotatable bonds is 6. The molecule has 128 valence electrons. The maximum absolute atomic E-state index is 12.4. The van der Waals surface area contributed by atoms with Crippen molar-refractivity contribution in [1.82, 2.24) is 4.98 Å². The van der Waals surface area contributed by atoms with Crippen LogP contribution in [0.3, 0.4) is 0 Å². The minimum absolute atomic E-state index is 0.174. The van der Waals surface area contributed by atoms with E-state index in [-0.39, 0.29) is 19.0 Å². The van der Waals surface area contributed by atoms with Crippen molar-refractivity contribution in [3.8, 4) is 5.75 Å². The van der Waals surface area contributed by atoms with Gasteiger partial charge in [-0.25, -0.2) is 4.79 Å². The van der Waals surface area contributed by atoms with Crippen molar-refractivity contribution < 1.29 is 19.1 Å². The lowest BCUT2D eigenvalue weighted by Gasteiger charge is -2.08. The number of nitrogens with one attached hydrogen (secondary N) is 1. The molecule has 0 saturated carbocycles. The molecule has 2 rings (SSSR count). The second-order valence-electron chi connectivity index (χ2n) is 5.49. The summed E-state index contributed by atoms with van der Waals surface area (Å²) in [6.45, 7) is 7.19. The summed E-state index contributed by atoms with van der Waals surface area (Å²) in [5.41, 5.74) is 2.89. The van der Waals surface area contributed by atoms with Gasteiger partial charge in [-0.2, -0.15) is 0 Å². The van der Waals surface area contributed by atoms with Crippen molar-refractivity contribution in [3.05, 3.63) is 51.3 Å². The molecule has 5 nitrogen and oxygen atoms in total. The van der Waals surface area contributed by atoms with E-state index in [0.29, 0.717) is 33.3 Å². The van der Waals surface area contributed by atoms with Gasteiger partial charge in [0, 0.05) is 5.69 Å². The molecule has 0 unspecified atom stereocenters. The van der Waals surface area contributed by atoms with Crippen LogP contribution in [0, 0.1) is 20.8 Å². The predicted octanol–water partition coefficient (Wildman–Crippen LogP) is 4.03. The molecule has 0 aliphatic heterocycles. The van der Waals surface area contributed by atoms with Crippen molar-refractivity contribution in [1.29, 1.82) is 0 Å². The second-order valence-corrected chi connectivity index (χ2v) is 5.90. The number of carbonyl (C=O) groups excluding carboxylic acids is 2. The Labute approximate surface area is 145 Å². The van der Waals surface area contributed by atoms with Crippen LogP contribution in [0.25, 0.3) is 0 Å². The van der Waals surface area contributed by atoms with Gasteiger partial charge in [-0.05, 0) is 51.0 Å². The molecule has 1 heterocycles. The van der Waals surface area contributed by atoms with Gasteiger partial charge >= 0.3 is 5.97 Å². The highest BCUT2D eigenvalue weighted by molar-refractivity contribution is 6.32. The van der Waals surface area contributed by atoms with E-state index in [0.717, 1.165) is 5.56 Å². The molecule has 0 bridgehead atoms. The highest BCUT2D eigenvalue weighted by Crippen LogP contribution is 2.26. The first-order valence-electron chi connectivity index (χ1n) is 7.63. The van der Waals surface area contributed by atoms with Gasteiger partial charge in [0.25, 0.3) is 0 Å². The highest BCUT2D eigenvalue weighted by Gasteiger charge is 2.23. The van der Waals surface area contributed by atoms with Gasteiger partial charge in [0.15, 0.2) is 6.61 Å². The maximum atomic E-state index is 12.4. The number of aromatic nitrogens is 1. The fourth-order valence-electron chi connectivity index (χ4n) is 2.47. The molecule has 0 radical (unpaired) electrons. The lowest BCUT2D eigenvalue weighted by atomic mass is 10.1. The van der Waals surface area contributed by atoms with Crippen molar-refractivity contribution in [2.24, 2.45) is 0 Å². The molecule has 0 aliphatic carbocycles. The quantitative estimate of drug-likeness (QED) is 0.631. The molecule has 1 aromatic heterocycles. The zero-order valence-corrected chi connectivity index (χ0v) is 14.9. The molecule has 0 fully saturated rings. The van der Waals surface area contributed by atoms with E-state index in [9.17, 15) is 9.59 Å². The van der Waals surface area contributed by atoms with Crippen LogP contribution in [0.1, 0.15) is 44.6 Å². The van der Waals surface area contributed by atoms with Gasteiger partial charge in [0.05, 0.1) is 22.9 Å². The summed E-state index contributed by atoms with van der Waals surface area (Å²) < 4.78 is 10.6. The van der Waals surface area contributed by atoms with Crippen LogP contribution in [0.15, 0.2) is 18.2 Å². The smallest absolute Gasteiger partial charge is 0.340 e. The predicted molar refractivity (Wildman–Crippen MR) is 92.2 cm³/mol. The Kier molecular flexibility index (Phi) is 5.67. The van der Waals surface area contributed by atoms with Crippen molar-refractivity contribution in [2.75, 3.05) is 13.2 Å². The third-order valence-electron chi connectivity index (χ3n) is 3.64. The Morgan fingerprint density at radius 3 is 2.58 bits per heavy atom. The molecule has 0 atom stereocenters. The number of hydrogen-bond acceptors (Lipinski definition) is 4. The Morgan fingerprint density at radius 2 is 1.92 bits per heavy atom. The normalized spacial score (nSPS) is 10.5. The number of ketones is 1. The minimum atomic E-state index is -0.439. The second kappa shape index (κ2) is 7.53. The topological polar surface area (TPSA) is 68.4 Å². The first-order chi connectivity index (χ1) is 11.3. The molecule has 6 heteroatoms. The molecule has 0 spiro atoms. The summed E-state index contributed by atoms with van der Waals surface area (Å²) in [7, 11) is 0. The molecule has 2 aromatic rings. The van der Waals surface area contributed by atoms with Gasteiger partial charge in [0.2, 0.25) is 5.78 Å². The third-order valence-corrected chi connectivity index (χ3v) is 3.95. The first kappa shape index (κ1) is 18.1. The number of H-pyrrole nitrogens is 1. The lowest BCUT2D eigenvalue weighted by Crippen LogP contribution is -2.14. The largest absolute Gasteiger partial charge is 0.484 e. The average Bonchev–Trinajstić information content (AvgIpc) is 2.83. The Morgan fingerprint density at radius 1 is 1.21 bits per heavy atom. The fraction of sp³-hybridized carbons (Fsp3) is 0.333. The fourth-order valence-corrected chi connectivity index (χ4v) is 2.65. The number of halogens is 1. The molecular weight excluding hydrogens is 330 g/mol. The standard InChI is InChI=1S/C18H20ClNO4/c1-5-23-18(22)16-11(3)17(20-12(16)4)14(21)9-24-15-8-10(2)6-7-13(15)19/h6-8,20H,5,9H2,1-4H3. The summed E-state index contributed by atoms with van der Waals surface area (Å²) >= 11 is 6.06. The summed E-state index contributed by atoms with van der Waals surface area (Å²) in [6, 6.07) is 5.35. The number of ether oxygens (including phenoxy) is 2. The van der Waals surface area contributed by atoms with Crippen molar-refractivity contribution in [2.45, 2.75) is 27.7 Å².